The third kappa shape index (κ3) is 3.57. The van der Waals surface area contributed by atoms with Crippen LogP contribution in [-0.4, -0.2) is 4.98 Å². The van der Waals surface area contributed by atoms with Crippen LogP contribution in [0.2, 0.25) is 0 Å². The molecule has 1 heterocycles. The molecule has 21 heavy (non-hydrogen) atoms. The van der Waals surface area contributed by atoms with Crippen molar-refractivity contribution in [2.75, 3.05) is 0 Å². The van der Waals surface area contributed by atoms with Crippen molar-refractivity contribution in [1.29, 1.82) is 0 Å². The van der Waals surface area contributed by atoms with Crippen LogP contribution in [0.3, 0.4) is 0 Å². The van der Waals surface area contributed by atoms with Crippen LogP contribution in [0, 0.1) is 5.92 Å². The van der Waals surface area contributed by atoms with Crippen LogP contribution in [0.5, 0.6) is 0 Å². The van der Waals surface area contributed by atoms with E-state index in [4.69, 9.17) is 4.98 Å². The van der Waals surface area contributed by atoms with Crippen LogP contribution in [0.1, 0.15) is 18.2 Å². The molecule has 3 aromatic rings. The van der Waals surface area contributed by atoms with Gasteiger partial charge in [-0.2, -0.15) is 0 Å². The fourth-order valence-corrected chi connectivity index (χ4v) is 2.46. The first-order valence-electron chi connectivity index (χ1n) is 7.39. The average molecular weight is 273 g/mol. The third-order valence-corrected chi connectivity index (χ3v) is 3.60. The fraction of sp³-hybridized carbons (Fsp3) is 0.150. The molecule has 0 aliphatic rings. The molecule has 0 amide bonds. The van der Waals surface area contributed by atoms with Gasteiger partial charge in [-0.05, 0) is 30.0 Å². The lowest BCUT2D eigenvalue weighted by atomic mass is 10.0. The van der Waals surface area contributed by atoms with Crippen LogP contribution >= 0.6 is 0 Å². The van der Waals surface area contributed by atoms with Crippen LogP contribution in [-0.2, 0) is 6.42 Å². The van der Waals surface area contributed by atoms with Crippen molar-refractivity contribution in [1.82, 2.24) is 4.98 Å². The number of para-hydroxylation sites is 1. The van der Waals surface area contributed by atoms with Crippen molar-refractivity contribution >= 4 is 17.0 Å². The van der Waals surface area contributed by atoms with Gasteiger partial charge in [0.25, 0.3) is 0 Å². The first-order chi connectivity index (χ1) is 10.3. The summed E-state index contributed by atoms with van der Waals surface area (Å²) < 4.78 is 0. The van der Waals surface area contributed by atoms with E-state index >= 15 is 0 Å². The van der Waals surface area contributed by atoms with E-state index in [-0.39, 0.29) is 0 Å². The summed E-state index contributed by atoms with van der Waals surface area (Å²) in [6.45, 7) is 2.23. The molecule has 0 unspecified atom stereocenters. The molecule has 0 bridgehead atoms. The maximum atomic E-state index is 4.74. The van der Waals surface area contributed by atoms with Crippen molar-refractivity contribution in [3.05, 3.63) is 84.1 Å². The Morgan fingerprint density at radius 3 is 2.52 bits per heavy atom. The Morgan fingerprint density at radius 2 is 1.67 bits per heavy atom. The molecule has 2 aromatic carbocycles. The molecular weight excluding hydrogens is 254 g/mol. The van der Waals surface area contributed by atoms with Gasteiger partial charge in [0.1, 0.15) is 0 Å². The third-order valence-electron chi connectivity index (χ3n) is 3.60. The highest BCUT2D eigenvalue weighted by Gasteiger charge is 2.02. The van der Waals surface area contributed by atoms with E-state index in [0.29, 0.717) is 5.92 Å². The van der Waals surface area contributed by atoms with Crippen LogP contribution < -0.4 is 0 Å². The molecule has 1 nitrogen and oxygen atoms in total. The zero-order valence-corrected chi connectivity index (χ0v) is 12.2. The lowest BCUT2D eigenvalue weighted by Crippen LogP contribution is -1.98. The summed E-state index contributed by atoms with van der Waals surface area (Å²) in [6.07, 6.45) is 5.41. The lowest BCUT2D eigenvalue weighted by Gasteiger charge is -2.07. The van der Waals surface area contributed by atoms with Gasteiger partial charge in [-0.1, -0.05) is 73.7 Å². The van der Waals surface area contributed by atoms with Crippen molar-refractivity contribution in [3.8, 4) is 0 Å². The van der Waals surface area contributed by atoms with E-state index in [2.05, 4.69) is 73.7 Å². The number of nitrogens with zero attached hydrogens (tertiary/aromatic N) is 1. The van der Waals surface area contributed by atoms with Gasteiger partial charge < -0.3 is 0 Å². The Balaban J connectivity index is 1.71. The minimum atomic E-state index is 0.471. The Kier molecular flexibility index (Phi) is 4.11. The van der Waals surface area contributed by atoms with Gasteiger partial charge in [-0.3, -0.25) is 4.98 Å². The maximum Gasteiger partial charge on any atom is 0.0705 e. The molecule has 0 radical (unpaired) electrons. The quantitative estimate of drug-likeness (QED) is 0.642. The number of hydrogen-bond donors (Lipinski definition) is 0. The summed E-state index contributed by atoms with van der Waals surface area (Å²) in [5.74, 6) is 0.471. The SMILES string of the molecule is C[C@H](/C=C/c1ccccc1)Cc1ccc2ccccc2n1. The number of allylic oxidation sites excluding steroid dienone is 1. The van der Waals surface area contributed by atoms with Gasteiger partial charge in [0.15, 0.2) is 0 Å². The number of hydrogen-bond acceptors (Lipinski definition) is 1. The highest BCUT2D eigenvalue weighted by molar-refractivity contribution is 5.78. The number of aromatic nitrogens is 1. The van der Waals surface area contributed by atoms with Crippen LogP contribution in [0.25, 0.3) is 17.0 Å². The Labute approximate surface area is 126 Å². The van der Waals surface area contributed by atoms with E-state index in [1.54, 1.807) is 0 Å². The molecule has 0 N–H and O–H groups in total. The molecule has 0 spiro atoms. The monoisotopic (exact) mass is 273 g/mol. The van der Waals surface area contributed by atoms with E-state index in [9.17, 15) is 0 Å². The molecule has 104 valence electrons. The van der Waals surface area contributed by atoms with Gasteiger partial charge in [0.2, 0.25) is 0 Å². The molecule has 0 saturated carbocycles. The van der Waals surface area contributed by atoms with Crippen molar-refractivity contribution in [2.45, 2.75) is 13.3 Å². The molecule has 0 aliphatic heterocycles. The van der Waals surface area contributed by atoms with E-state index in [1.165, 1.54) is 10.9 Å². The summed E-state index contributed by atoms with van der Waals surface area (Å²) in [6, 6.07) is 23.0. The van der Waals surface area contributed by atoms with Gasteiger partial charge in [-0.15, -0.1) is 0 Å². The van der Waals surface area contributed by atoms with Gasteiger partial charge in [0, 0.05) is 11.1 Å². The second-order valence-electron chi connectivity index (χ2n) is 5.45. The van der Waals surface area contributed by atoms with Crippen LogP contribution in [0.15, 0.2) is 72.8 Å². The predicted molar refractivity (Wildman–Crippen MR) is 90.1 cm³/mol. The first-order valence-corrected chi connectivity index (χ1v) is 7.39. The number of fused-ring (bicyclic) bond motifs is 1. The highest BCUT2D eigenvalue weighted by atomic mass is 14.7. The van der Waals surface area contributed by atoms with Gasteiger partial charge in [-0.25, -0.2) is 0 Å². The fourth-order valence-electron chi connectivity index (χ4n) is 2.46. The number of rotatable bonds is 4. The minimum absolute atomic E-state index is 0.471. The van der Waals surface area contributed by atoms with E-state index in [0.717, 1.165) is 17.6 Å². The van der Waals surface area contributed by atoms with E-state index in [1.807, 2.05) is 12.1 Å². The number of benzene rings is 2. The predicted octanol–water partition coefficient (Wildman–Crippen LogP) is 5.13. The second-order valence-corrected chi connectivity index (χ2v) is 5.45. The van der Waals surface area contributed by atoms with Crippen molar-refractivity contribution in [2.24, 2.45) is 5.92 Å². The summed E-state index contributed by atoms with van der Waals surface area (Å²) in [5.41, 5.74) is 3.48. The minimum Gasteiger partial charge on any atom is -0.253 e. The van der Waals surface area contributed by atoms with Gasteiger partial charge in [0.05, 0.1) is 5.52 Å². The average Bonchev–Trinajstić information content (AvgIpc) is 2.54. The standard InChI is InChI=1S/C20H19N/c1-16(11-12-17-7-3-2-4-8-17)15-19-14-13-18-9-5-6-10-20(18)21-19/h2-14,16H,15H2,1H3/b12-11+/t16-/m1/s1. The smallest absolute Gasteiger partial charge is 0.0705 e. The maximum absolute atomic E-state index is 4.74. The number of pyridine rings is 1. The second kappa shape index (κ2) is 6.36. The zero-order valence-electron chi connectivity index (χ0n) is 12.2. The molecule has 0 saturated heterocycles. The normalized spacial score (nSPS) is 12.8. The molecule has 3 rings (SSSR count). The molecule has 0 fully saturated rings. The Morgan fingerprint density at radius 1 is 0.905 bits per heavy atom. The molecule has 1 heteroatoms. The molecular formula is C20H19N. The topological polar surface area (TPSA) is 12.9 Å². The van der Waals surface area contributed by atoms with Crippen molar-refractivity contribution < 1.29 is 0 Å². The Hall–Kier alpha value is -2.41. The summed E-state index contributed by atoms with van der Waals surface area (Å²) in [5, 5.41) is 1.20. The lowest BCUT2D eigenvalue weighted by molar-refractivity contribution is 0.712. The largest absolute Gasteiger partial charge is 0.253 e. The molecule has 1 aromatic heterocycles. The van der Waals surface area contributed by atoms with E-state index < -0.39 is 0 Å². The van der Waals surface area contributed by atoms with Gasteiger partial charge >= 0.3 is 0 Å². The Bertz CT molecular complexity index is 744. The summed E-state index contributed by atoms with van der Waals surface area (Å²) >= 11 is 0. The summed E-state index contributed by atoms with van der Waals surface area (Å²) in [4.78, 5) is 4.74. The summed E-state index contributed by atoms with van der Waals surface area (Å²) in [7, 11) is 0. The highest BCUT2D eigenvalue weighted by Crippen LogP contribution is 2.15. The molecule has 0 aliphatic carbocycles. The first kappa shape index (κ1) is 13.6. The molecule has 1 atom stereocenters. The van der Waals surface area contributed by atoms with Crippen molar-refractivity contribution in [3.63, 3.8) is 0 Å². The van der Waals surface area contributed by atoms with Crippen LogP contribution in [0.4, 0.5) is 0 Å². The zero-order chi connectivity index (χ0) is 14.5.